The Morgan fingerprint density at radius 2 is 1.65 bits per heavy atom. The highest BCUT2D eigenvalue weighted by Gasteiger charge is 2.05. The molecule has 0 aliphatic rings. The molecule has 4 nitrogen and oxygen atoms in total. The van der Waals surface area contributed by atoms with E-state index in [2.05, 4.69) is 15.0 Å². The molecule has 5 heteroatoms. The van der Waals surface area contributed by atoms with Crippen molar-refractivity contribution in [3.63, 3.8) is 0 Å². The van der Waals surface area contributed by atoms with Crippen LogP contribution < -0.4 is 5.73 Å². The summed E-state index contributed by atoms with van der Waals surface area (Å²) in [7, 11) is 0. The maximum absolute atomic E-state index is 5.73. The molecule has 2 aromatic rings. The lowest BCUT2D eigenvalue weighted by Gasteiger charge is -2.04. The Bertz CT molecular complexity index is 534. The zero-order valence-corrected chi connectivity index (χ0v) is 10.9. The van der Waals surface area contributed by atoms with E-state index in [1.165, 1.54) is 11.8 Å². The summed E-state index contributed by atoms with van der Waals surface area (Å²) in [5, 5.41) is 1.58. The summed E-state index contributed by atoms with van der Waals surface area (Å²) in [5.41, 5.74) is 9.19. The van der Waals surface area contributed by atoms with E-state index in [-0.39, 0.29) is 0 Å². The second kappa shape index (κ2) is 4.71. The van der Waals surface area contributed by atoms with Gasteiger partial charge in [0.1, 0.15) is 5.03 Å². The molecular formula is C12H14N4S. The second-order valence-corrected chi connectivity index (χ2v) is 4.85. The Hall–Kier alpha value is -1.62. The molecule has 2 rings (SSSR count). The fourth-order valence-electron chi connectivity index (χ4n) is 1.44. The molecule has 17 heavy (non-hydrogen) atoms. The van der Waals surface area contributed by atoms with E-state index in [1.54, 1.807) is 0 Å². The predicted molar refractivity (Wildman–Crippen MR) is 69.0 cm³/mol. The fraction of sp³-hybridized carbons (Fsp3) is 0.250. The molecule has 0 saturated heterocycles. The van der Waals surface area contributed by atoms with Gasteiger partial charge in [-0.05, 0) is 50.7 Å². The molecule has 0 unspecified atom stereocenters. The lowest BCUT2D eigenvalue weighted by Crippen LogP contribution is -1.96. The van der Waals surface area contributed by atoms with Crippen LogP contribution in [0.15, 0.2) is 28.4 Å². The number of hydrogen-bond donors (Lipinski definition) is 1. The quantitative estimate of drug-likeness (QED) is 0.825. The van der Waals surface area contributed by atoms with Gasteiger partial charge >= 0.3 is 0 Å². The number of nitrogens with two attached hydrogens (primary N) is 1. The molecule has 0 radical (unpaired) electrons. The van der Waals surface area contributed by atoms with Gasteiger partial charge in [-0.1, -0.05) is 0 Å². The molecule has 2 aromatic heterocycles. The third kappa shape index (κ3) is 2.94. The SMILES string of the molecule is Cc1cc(C)nc(Sc2ccc(N)c(C)n2)n1. The van der Waals surface area contributed by atoms with Crippen LogP contribution in [0.5, 0.6) is 0 Å². The maximum Gasteiger partial charge on any atom is 0.194 e. The summed E-state index contributed by atoms with van der Waals surface area (Å²) in [6.45, 7) is 5.81. The second-order valence-electron chi connectivity index (χ2n) is 3.86. The van der Waals surface area contributed by atoms with Gasteiger partial charge < -0.3 is 5.73 Å². The van der Waals surface area contributed by atoms with Gasteiger partial charge in [-0.2, -0.15) is 0 Å². The van der Waals surface area contributed by atoms with Crippen LogP contribution in [-0.4, -0.2) is 15.0 Å². The van der Waals surface area contributed by atoms with Gasteiger partial charge in [-0.3, -0.25) is 0 Å². The lowest BCUT2D eigenvalue weighted by molar-refractivity contribution is 0.898. The standard InChI is InChI=1S/C12H14N4S/c1-7-6-8(2)15-12(14-7)17-11-5-4-10(13)9(3)16-11/h4-6H,13H2,1-3H3. The van der Waals surface area contributed by atoms with E-state index in [1.807, 2.05) is 39.0 Å². The monoisotopic (exact) mass is 246 g/mol. The largest absolute Gasteiger partial charge is 0.397 e. The summed E-state index contributed by atoms with van der Waals surface area (Å²) < 4.78 is 0. The van der Waals surface area contributed by atoms with Crippen molar-refractivity contribution in [1.29, 1.82) is 0 Å². The first kappa shape index (κ1) is 11.9. The predicted octanol–water partition coefficient (Wildman–Crippen LogP) is 2.53. The Balaban J connectivity index is 2.28. The normalized spacial score (nSPS) is 10.5. The Kier molecular flexibility index (Phi) is 3.28. The molecule has 0 bridgehead atoms. The molecule has 2 heterocycles. The average molecular weight is 246 g/mol. The van der Waals surface area contributed by atoms with Crippen LogP contribution in [0.2, 0.25) is 0 Å². The van der Waals surface area contributed by atoms with Crippen LogP contribution >= 0.6 is 11.8 Å². The minimum absolute atomic E-state index is 0.704. The molecule has 88 valence electrons. The van der Waals surface area contributed by atoms with Gasteiger partial charge in [0, 0.05) is 11.4 Å². The molecule has 0 aliphatic heterocycles. The third-order valence-electron chi connectivity index (χ3n) is 2.26. The smallest absolute Gasteiger partial charge is 0.194 e. The Labute approximate surface area is 105 Å². The van der Waals surface area contributed by atoms with Crippen molar-refractivity contribution >= 4 is 17.4 Å². The molecule has 2 N–H and O–H groups in total. The first-order valence-corrected chi connectivity index (χ1v) is 6.09. The molecule has 0 spiro atoms. The summed E-state index contributed by atoms with van der Waals surface area (Å²) in [6, 6.07) is 5.69. The number of rotatable bonds is 2. The summed E-state index contributed by atoms with van der Waals surface area (Å²) >= 11 is 1.45. The highest BCUT2D eigenvalue weighted by Crippen LogP contribution is 2.24. The summed E-state index contributed by atoms with van der Waals surface area (Å²) in [6.07, 6.45) is 0. The van der Waals surface area contributed by atoms with Crippen LogP contribution in [-0.2, 0) is 0 Å². The Morgan fingerprint density at radius 1 is 1.00 bits per heavy atom. The van der Waals surface area contributed by atoms with E-state index in [9.17, 15) is 0 Å². The lowest BCUT2D eigenvalue weighted by atomic mass is 10.3. The zero-order valence-electron chi connectivity index (χ0n) is 10.1. The number of pyridine rings is 1. The molecule has 0 amide bonds. The maximum atomic E-state index is 5.73. The Morgan fingerprint density at radius 3 is 2.24 bits per heavy atom. The van der Waals surface area contributed by atoms with Crippen molar-refractivity contribution in [2.24, 2.45) is 0 Å². The number of anilines is 1. The van der Waals surface area contributed by atoms with Crippen molar-refractivity contribution in [2.75, 3.05) is 5.73 Å². The van der Waals surface area contributed by atoms with Crippen molar-refractivity contribution < 1.29 is 0 Å². The van der Waals surface area contributed by atoms with Gasteiger partial charge in [0.25, 0.3) is 0 Å². The minimum atomic E-state index is 0.704. The molecule has 0 fully saturated rings. The number of nitrogen functional groups attached to an aromatic ring is 1. The van der Waals surface area contributed by atoms with E-state index in [0.717, 1.165) is 27.3 Å². The van der Waals surface area contributed by atoms with Crippen molar-refractivity contribution in [3.8, 4) is 0 Å². The van der Waals surface area contributed by atoms with Crippen molar-refractivity contribution in [1.82, 2.24) is 15.0 Å². The molecule has 0 saturated carbocycles. The minimum Gasteiger partial charge on any atom is -0.397 e. The highest BCUT2D eigenvalue weighted by molar-refractivity contribution is 7.99. The summed E-state index contributed by atoms with van der Waals surface area (Å²) in [4.78, 5) is 13.1. The van der Waals surface area contributed by atoms with Gasteiger partial charge in [0.2, 0.25) is 0 Å². The van der Waals surface area contributed by atoms with Gasteiger partial charge in [-0.25, -0.2) is 15.0 Å². The van der Waals surface area contributed by atoms with E-state index in [4.69, 9.17) is 5.73 Å². The third-order valence-corrected chi connectivity index (χ3v) is 3.06. The van der Waals surface area contributed by atoms with Crippen molar-refractivity contribution in [2.45, 2.75) is 31.0 Å². The number of hydrogen-bond acceptors (Lipinski definition) is 5. The van der Waals surface area contributed by atoms with Gasteiger partial charge in [-0.15, -0.1) is 0 Å². The highest BCUT2D eigenvalue weighted by atomic mass is 32.2. The van der Waals surface area contributed by atoms with E-state index in [0.29, 0.717) is 5.69 Å². The molecule has 0 aromatic carbocycles. The first-order chi connectivity index (χ1) is 8.04. The molecule has 0 aliphatic carbocycles. The summed E-state index contributed by atoms with van der Waals surface area (Å²) in [5.74, 6) is 0. The number of aryl methyl sites for hydroxylation is 3. The number of aromatic nitrogens is 3. The molecular weight excluding hydrogens is 232 g/mol. The fourth-order valence-corrected chi connectivity index (χ4v) is 2.32. The van der Waals surface area contributed by atoms with Gasteiger partial charge in [0.05, 0.1) is 11.4 Å². The zero-order chi connectivity index (χ0) is 12.4. The van der Waals surface area contributed by atoms with Crippen LogP contribution in [0, 0.1) is 20.8 Å². The number of nitrogens with zero attached hydrogens (tertiary/aromatic N) is 3. The molecule has 0 atom stereocenters. The van der Waals surface area contributed by atoms with Gasteiger partial charge in [0.15, 0.2) is 5.16 Å². The van der Waals surface area contributed by atoms with Crippen LogP contribution in [0.4, 0.5) is 5.69 Å². The topological polar surface area (TPSA) is 64.7 Å². The van der Waals surface area contributed by atoms with Crippen LogP contribution in [0.25, 0.3) is 0 Å². The van der Waals surface area contributed by atoms with Crippen LogP contribution in [0.1, 0.15) is 17.1 Å². The van der Waals surface area contributed by atoms with Crippen LogP contribution in [0.3, 0.4) is 0 Å². The van der Waals surface area contributed by atoms with E-state index < -0.39 is 0 Å². The van der Waals surface area contributed by atoms with E-state index >= 15 is 0 Å². The average Bonchev–Trinajstić information content (AvgIpc) is 2.22. The first-order valence-electron chi connectivity index (χ1n) is 5.28. The van der Waals surface area contributed by atoms with Crippen molar-refractivity contribution in [3.05, 3.63) is 35.3 Å².